The van der Waals surface area contributed by atoms with Crippen molar-refractivity contribution in [2.45, 2.75) is 32.1 Å². The van der Waals surface area contributed by atoms with Crippen molar-refractivity contribution in [3.8, 4) is 0 Å². The molecule has 3 heterocycles. The minimum atomic E-state index is -0.397. The van der Waals surface area contributed by atoms with Gasteiger partial charge in [0.25, 0.3) is 0 Å². The number of hydrogen-bond donors (Lipinski definition) is 1. The van der Waals surface area contributed by atoms with Gasteiger partial charge in [-0.15, -0.1) is 11.3 Å². The van der Waals surface area contributed by atoms with Gasteiger partial charge in [0.1, 0.15) is 0 Å². The third-order valence-electron chi connectivity index (χ3n) is 5.07. The van der Waals surface area contributed by atoms with Crippen molar-refractivity contribution in [2.24, 2.45) is 5.41 Å². The second-order valence-electron chi connectivity index (χ2n) is 6.54. The summed E-state index contributed by atoms with van der Waals surface area (Å²) in [5.41, 5.74) is -0.397. The lowest BCUT2D eigenvalue weighted by Crippen LogP contribution is -2.51. The molecule has 2 aliphatic heterocycles. The molecule has 2 amide bonds. The first-order chi connectivity index (χ1) is 11.1. The molecule has 1 unspecified atom stereocenters. The molecule has 2 saturated heterocycles. The predicted molar refractivity (Wildman–Crippen MR) is 89.2 cm³/mol. The largest absolute Gasteiger partial charge is 0.395 e. The number of β-amino-alcohol motifs (C(OH)–C–C–N with tert-alkyl or cyclic N) is 1. The minimum Gasteiger partial charge on any atom is -0.395 e. The Morgan fingerprint density at radius 1 is 1.35 bits per heavy atom. The van der Waals surface area contributed by atoms with E-state index in [1.165, 1.54) is 4.88 Å². The molecule has 0 radical (unpaired) electrons. The highest BCUT2D eigenvalue weighted by Crippen LogP contribution is 2.40. The number of piperidine rings is 1. The molecule has 2 aliphatic rings. The Hall–Kier alpha value is -1.40. The van der Waals surface area contributed by atoms with Gasteiger partial charge < -0.3 is 14.9 Å². The maximum Gasteiger partial charge on any atom is 0.230 e. The number of nitrogens with zero attached hydrogens (tertiary/aromatic N) is 2. The number of aryl methyl sites for hydroxylation is 1. The standard InChI is InChI=1S/C17H24N2O3S/c20-11-10-18-8-2-6-17(16(18)22)7-9-19(13-17)15(21)5-4-14-3-1-12-23-14/h1,3,12,20H,2,4-11,13H2. The summed E-state index contributed by atoms with van der Waals surface area (Å²) in [6.45, 7) is 2.38. The van der Waals surface area contributed by atoms with Gasteiger partial charge in [0.2, 0.25) is 11.8 Å². The molecule has 0 saturated carbocycles. The van der Waals surface area contributed by atoms with Crippen LogP contribution in [0.5, 0.6) is 0 Å². The second kappa shape index (κ2) is 7.01. The summed E-state index contributed by atoms with van der Waals surface area (Å²) in [6.07, 6.45) is 3.89. The molecule has 1 atom stereocenters. The maximum absolute atomic E-state index is 12.7. The lowest BCUT2D eigenvalue weighted by molar-refractivity contribution is -0.146. The van der Waals surface area contributed by atoms with Crippen molar-refractivity contribution >= 4 is 23.2 Å². The van der Waals surface area contributed by atoms with E-state index in [4.69, 9.17) is 5.11 Å². The van der Waals surface area contributed by atoms with Crippen LogP contribution in [0.3, 0.4) is 0 Å². The van der Waals surface area contributed by atoms with Crippen LogP contribution < -0.4 is 0 Å². The number of likely N-dealkylation sites (tertiary alicyclic amines) is 2. The van der Waals surface area contributed by atoms with E-state index < -0.39 is 5.41 Å². The third-order valence-corrected chi connectivity index (χ3v) is 6.00. The van der Waals surface area contributed by atoms with Crippen molar-refractivity contribution in [1.82, 2.24) is 9.80 Å². The summed E-state index contributed by atoms with van der Waals surface area (Å²) in [6, 6.07) is 4.06. The number of carbonyl (C=O) groups is 2. The Balaban J connectivity index is 1.58. The molecule has 3 rings (SSSR count). The molecule has 1 aromatic rings. The van der Waals surface area contributed by atoms with Crippen LogP contribution in [-0.4, -0.2) is 59.5 Å². The topological polar surface area (TPSA) is 60.9 Å². The van der Waals surface area contributed by atoms with Gasteiger partial charge in [0, 0.05) is 37.5 Å². The number of thiophene rings is 1. The molecule has 1 spiro atoms. The zero-order chi connectivity index (χ0) is 16.3. The van der Waals surface area contributed by atoms with E-state index in [2.05, 4.69) is 6.07 Å². The van der Waals surface area contributed by atoms with E-state index in [0.29, 0.717) is 26.1 Å². The second-order valence-corrected chi connectivity index (χ2v) is 7.58. The van der Waals surface area contributed by atoms with Gasteiger partial charge in [-0.05, 0) is 37.1 Å². The van der Waals surface area contributed by atoms with Gasteiger partial charge in [-0.1, -0.05) is 6.07 Å². The van der Waals surface area contributed by atoms with Crippen LogP contribution in [-0.2, 0) is 16.0 Å². The molecular weight excluding hydrogens is 312 g/mol. The van der Waals surface area contributed by atoms with Crippen molar-refractivity contribution < 1.29 is 14.7 Å². The Kier molecular flexibility index (Phi) is 5.02. The quantitative estimate of drug-likeness (QED) is 0.887. The number of aliphatic hydroxyl groups excluding tert-OH is 1. The highest BCUT2D eigenvalue weighted by molar-refractivity contribution is 7.09. The first kappa shape index (κ1) is 16.5. The van der Waals surface area contributed by atoms with Crippen LogP contribution in [0.1, 0.15) is 30.6 Å². The van der Waals surface area contributed by atoms with E-state index >= 15 is 0 Å². The molecule has 6 heteroatoms. The number of amides is 2. The third kappa shape index (κ3) is 3.43. The summed E-state index contributed by atoms with van der Waals surface area (Å²) >= 11 is 1.68. The highest BCUT2D eigenvalue weighted by Gasteiger charge is 2.49. The molecule has 0 aliphatic carbocycles. The molecule has 5 nitrogen and oxygen atoms in total. The van der Waals surface area contributed by atoms with Gasteiger partial charge in [0.15, 0.2) is 0 Å². The van der Waals surface area contributed by atoms with Crippen LogP contribution in [0.2, 0.25) is 0 Å². The van der Waals surface area contributed by atoms with E-state index in [1.807, 2.05) is 16.3 Å². The highest BCUT2D eigenvalue weighted by atomic mass is 32.1. The fourth-order valence-corrected chi connectivity index (χ4v) is 4.50. The van der Waals surface area contributed by atoms with E-state index in [-0.39, 0.29) is 18.4 Å². The van der Waals surface area contributed by atoms with Gasteiger partial charge in [-0.25, -0.2) is 0 Å². The molecule has 0 bridgehead atoms. The predicted octanol–water partition coefficient (Wildman–Crippen LogP) is 1.51. The smallest absolute Gasteiger partial charge is 0.230 e. The normalized spacial score (nSPS) is 24.7. The Labute approximate surface area is 140 Å². The molecule has 0 aromatic carbocycles. The fourth-order valence-electron chi connectivity index (χ4n) is 3.79. The summed E-state index contributed by atoms with van der Waals surface area (Å²) < 4.78 is 0. The van der Waals surface area contributed by atoms with Crippen LogP contribution in [0.15, 0.2) is 17.5 Å². The fraction of sp³-hybridized carbons (Fsp3) is 0.647. The molecular formula is C17H24N2O3S. The zero-order valence-corrected chi connectivity index (χ0v) is 14.2. The molecule has 2 fully saturated rings. The SMILES string of the molecule is O=C(CCc1cccs1)N1CCC2(CCCN(CCO)C2=O)C1. The molecule has 126 valence electrons. The van der Waals surface area contributed by atoms with Crippen LogP contribution in [0.4, 0.5) is 0 Å². The molecule has 23 heavy (non-hydrogen) atoms. The van der Waals surface area contributed by atoms with Crippen molar-refractivity contribution in [3.05, 3.63) is 22.4 Å². The van der Waals surface area contributed by atoms with E-state index in [9.17, 15) is 9.59 Å². The first-order valence-electron chi connectivity index (χ1n) is 8.35. The molecule has 1 aromatic heterocycles. The Morgan fingerprint density at radius 3 is 2.96 bits per heavy atom. The van der Waals surface area contributed by atoms with Crippen molar-refractivity contribution in [2.75, 3.05) is 32.8 Å². The zero-order valence-electron chi connectivity index (χ0n) is 13.4. The number of hydrogen-bond acceptors (Lipinski definition) is 4. The summed E-state index contributed by atoms with van der Waals surface area (Å²) in [5, 5.41) is 11.1. The lowest BCUT2D eigenvalue weighted by Gasteiger charge is -2.39. The average molecular weight is 336 g/mol. The van der Waals surface area contributed by atoms with E-state index in [0.717, 1.165) is 32.2 Å². The van der Waals surface area contributed by atoms with Crippen LogP contribution in [0.25, 0.3) is 0 Å². The van der Waals surface area contributed by atoms with Gasteiger partial charge >= 0.3 is 0 Å². The maximum atomic E-state index is 12.7. The van der Waals surface area contributed by atoms with Crippen LogP contribution in [0, 0.1) is 5.41 Å². The lowest BCUT2D eigenvalue weighted by atomic mass is 9.78. The van der Waals surface area contributed by atoms with Gasteiger partial charge in [-0.2, -0.15) is 0 Å². The Bertz CT molecular complexity index is 558. The Morgan fingerprint density at radius 2 is 2.22 bits per heavy atom. The van der Waals surface area contributed by atoms with Gasteiger partial charge in [-0.3, -0.25) is 9.59 Å². The number of carbonyl (C=O) groups excluding carboxylic acids is 2. The number of rotatable bonds is 5. The minimum absolute atomic E-state index is 0.00524. The summed E-state index contributed by atoms with van der Waals surface area (Å²) in [7, 11) is 0. The van der Waals surface area contributed by atoms with Crippen LogP contribution >= 0.6 is 11.3 Å². The first-order valence-corrected chi connectivity index (χ1v) is 9.23. The summed E-state index contributed by atoms with van der Waals surface area (Å²) in [5.74, 6) is 0.286. The van der Waals surface area contributed by atoms with Gasteiger partial charge in [0.05, 0.1) is 12.0 Å². The molecule has 1 N–H and O–H groups in total. The summed E-state index contributed by atoms with van der Waals surface area (Å²) in [4.78, 5) is 30.0. The van der Waals surface area contributed by atoms with E-state index in [1.54, 1.807) is 16.2 Å². The van der Waals surface area contributed by atoms with Crippen molar-refractivity contribution in [3.63, 3.8) is 0 Å². The van der Waals surface area contributed by atoms with Crippen molar-refractivity contribution in [1.29, 1.82) is 0 Å². The average Bonchev–Trinajstić information content (AvgIpc) is 3.21. The monoisotopic (exact) mass is 336 g/mol. The number of aliphatic hydroxyl groups is 1.